The lowest BCUT2D eigenvalue weighted by atomic mass is 9.78. The minimum absolute atomic E-state index is 0.175. The van der Waals surface area contributed by atoms with Gasteiger partial charge >= 0.3 is 5.97 Å². The fraction of sp³-hybridized carbons (Fsp3) is 0.417. The summed E-state index contributed by atoms with van der Waals surface area (Å²) >= 11 is 3.12. The van der Waals surface area contributed by atoms with Gasteiger partial charge in [0.2, 0.25) is 0 Å². The molecule has 5 heteroatoms. The molecule has 0 atom stereocenters. The maximum atomic E-state index is 13.5. The summed E-state index contributed by atoms with van der Waals surface area (Å²) in [6.45, 7) is 0. The summed E-state index contributed by atoms with van der Waals surface area (Å²) in [5, 5.41) is 19.1. The molecule has 1 aliphatic rings. The first-order valence-electron chi connectivity index (χ1n) is 5.39. The van der Waals surface area contributed by atoms with Crippen molar-refractivity contribution in [2.24, 2.45) is 0 Å². The van der Waals surface area contributed by atoms with Gasteiger partial charge < -0.3 is 10.2 Å². The second-order valence-corrected chi connectivity index (χ2v) is 5.29. The number of benzene rings is 1. The number of halogens is 2. The minimum atomic E-state index is -1.14. The second-order valence-electron chi connectivity index (χ2n) is 4.38. The topological polar surface area (TPSA) is 57.5 Å². The van der Waals surface area contributed by atoms with E-state index < -0.39 is 23.0 Å². The Bertz CT molecular complexity index is 467. The monoisotopic (exact) mass is 302 g/mol. The summed E-state index contributed by atoms with van der Waals surface area (Å²) in [5.74, 6) is -2.33. The molecule has 1 saturated carbocycles. The Kier molecular flexibility index (Phi) is 3.12. The van der Waals surface area contributed by atoms with E-state index in [1.807, 2.05) is 0 Å². The fourth-order valence-corrected chi connectivity index (χ4v) is 2.94. The highest BCUT2D eigenvalue weighted by atomic mass is 79.9. The van der Waals surface area contributed by atoms with Crippen LogP contribution >= 0.6 is 15.9 Å². The van der Waals surface area contributed by atoms with Gasteiger partial charge in [0, 0.05) is 10.0 Å². The van der Waals surface area contributed by atoms with Crippen molar-refractivity contribution in [3.8, 4) is 5.75 Å². The molecule has 0 radical (unpaired) electrons. The first-order chi connectivity index (χ1) is 7.97. The summed E-state index contributed by atoms with van der Waals surface area (Å²) in [7, 11) is 0. The van der Waals surface area contributed by atoms with Crippen molar-refractivity contribution < 1.29 is 19.4 Å². The average Bonchev–Trinajstić information content (AvgIpc) is 2.73. The van der Waals surface area contributed by atoms with E-state index in [-0.39, 0.29) is 5.56 Å². The molecule has 0 spiro atoms. The first-order valence-corrected chi connectivity index (χ1v) is 6.18. The minimum Gasteiger partial charge on any atom is -0.505 e. The van der Waals surface area contributed by atoms with Gasteiger partial charge in [-0.05, 0) is 25.0 Å². The molecule has 92 valence electrons. The lowest BCUT2D eigenvalue weighted by Crippen LogP contribution is -2.32. The highest BCUT2D eigenvalue weighted by Gasteiger charge is 2.45. The standard InChI is InChI=1S/C12H12BrFO3/c13-7-5-8(10(15)9(14)6-7)12(11(16)17)3-1-2-4-12/h5-6,15H,1-4H2,(H,16,17). The summed E-state index contributed by atoms with van der Waals surface area (Å²) < 4.78 is 13.9. The molecule has 0 aliphatic heterocycles. The third-order valence-electron chi connectivity index (χ3n) is 3.41. The Hall–Kier alpha value is -1.10. The van der Waals surface area contributed by atoms with Gasteiger partial charge in [-0.15, -0.1) is 0 Å². The SMILES string of the molecule is O=C(O)C1(c2cc(Br)cc(F)c2O)CCCC1. The highest BCUT2D eigenvalue weighted by Crippen LogP contribution is 2.46. The third kappa shape index (κ3) is 1.92. The van der Waals surface area contributed by atoms with Crippen molar-refractivity contribution >= 4 is 21.9 Å². The van der Waals surface area contributed by atoms with E-state index in [2.05, 4.69) is 15.9 Å². The van der Waals surface area contributed by atoms with Gasteiger partial charge in [-0.25, -0.2) is 4.39 Å². The Morgan fingerprint density at radius 1 is 1.35 bits per heavy atom. The van der Waals surface area contributed by atoms with Gasteiger partial charge in [-0.3, -0.25) is 4.79 Å². The average molecular weight is 303 g/mol. The number of carboxylic acids is 1. The molecule has 0 amide bonds. The molecule has 0 aromatic heterocycles. The summed E-state index contributed by atoms with van der Waals surface area (Å²) in [4.78, 5) is 11.4. The maximum Gasteiger partial charge on any atom is 0.314 e. The number of carboxylic acid groups (broad SMARTS) is 1. The lowest BCUT2D eigenvalue weighted by Gasteiger charge is -2.25. The zero-order chi connectivity index (χ0) is 12.6. The van der Waals surface area contributed by atoms with Crippen LogP contribution in [-0.2, 0) is 10.2 Å². The van der Waals surface area contributed by atoms with E-state index in [9.17, 15) is 19.4 Å². The van der Waals surface area contributed by atoms with Crippen LogP contribution in [0.2, 0.25) is 0 Å². The number of hydrogen-bond donors (Lipinski definition) is 2. The summed E-state index contributed by atoms with van der Waals surface area (Å²) in [6, 6.07) is 2.63. The molecule has 2 rings (SSSR count). The summed E-state index contributed by atoms with van der Waals surface area (Å²) in [5.41, 5.74) is -0.969. The van der Waals surface area contributed by atoms with Crippen molar-refractivity contribution in [3.05, 3.63) is 28.0 Å². The van der Waals surface area contributed by atoms with Gasteiger partial charge in [0.25, 0.3) is 0 Å². The third-order valence-corrected chi connectivity index (χ3v) is 3.87. The predicted octanol–water partition coefficient (Wildman–Crippen LogP) is 3.19. The predicted molar refractivity (Wildman–Crippen MR) is 63.5 cm³/mol. The van der Waals surface area contributed by atoms with Gasteiger partial charge in [0.05, 0.1) is 5.41 Å². The molecule has 2 N–H and O–H groups in total. The van der Waals surface area contributed by atoms with E-state index in [1.165, 1.54) is 6.07 Å². The van der Waals surface area contributed by atoms with Crippen molar-refractivity contribution in [1.29, 1.82) is 0 Å². The second kappa shape index (κ2) is 4.29. The quantitative estimate of drug-likeness (QED) is 0.882. The van der Waals surface area contributed by atoms with Crippen LogP contribution in [0.3, 0.4) is 0 Å². The summed E-state index contributed by atoms with van der Waals surface area (Å²) in [6.07, 6.45) is 2.43. The van der Waals surface area contributed by atoms with Crippen LogP contribution in [0, 0.1) is 5.82 Å². The highest BCUT2D eigenvalue weighted by molar-refractivity contribution is 9.10. The van der Waals surface area contributed by atoms with E-state index in [0.717, 1.165) is 18.9 Å². The van der Waals surface area contributed by atoms with Crippen molar-refractivity contribution in [2.45, 2.75) is 31.1 Å². The van der Waals surface area contributed by atoms with Crippen LogP contribution in [0.5, 0.6) is 5.75 Å². The molecule has 1 fully saturated rings. The number of rotatable bonds is 2. The molecule has 0 bridgehead atoms. The molecule has 0 heterocycles. The van der Waals surface area contributed by atoms with Crippen molar-refractivity contribution in [3.63, 3.8) is 0 Å². The van der Waals surface area contributed by atoms with Gasteiger partial charge in [0.1, 0.15) is 0 Å². The van der Waals surface area contributed by atoms with Crippen LogP contribution in [0.15, 0.2) is 16.6 Å². The lowest BCUT2D eigenvalue weighted by molar-refractivity contribution is -0.143. The number of aromatic hydroxyl groups is 1. The molecule has 0 unspecified atom stereocenters. The Labute approximate surface area is 106 Å². The van der Waals surface area contributed by atoms with E-state index in [1.54, 1.807) is 0 Å². The molecular weight excluding hydrogens is 291 g/mol. The number of hydrogen-bond acceptors (Lipinski definition) is 2. The number of phenolic OH excluding ortho intramolecular Hbond substituents is 1. The van der Waals surface area contributed by atoms with E-state index in [4.69, 9.17) is 0 Å². The molecular formula is C12H12BrFO3. The van der Waals surface area contributed by atoms with Crippen LogP contribution in [0.4, 0.5) is 4.39 Å². The molecule has 3 nitrogen and oxygen atoms in total. The number of aliphatic carboxylic acids is 1. The van der Waals surface area contributed by atoms with Crippen LogP contribution in [-0.4, -0.2) is 16.2 Å². The first kappa shape index (κ1) is 12.4. The van der Waals surface area contributed by atoms with Crippen LogP contribution in [0.1, 0.15) is 31.2 Å². The Morgan fingerprint density at radius 3 is 2.47 bits per heavy atom. The molecule has 1 aromatic rings. The normalized spacial score (nSPS) is 18.2. The maximum absolute atomic E-state index is 13.5. The molecule has 0 saturated heterocycles. The van der Waals surface area contributed by atoms with E-state index >= 15 is 0 Å². The molecule has 1 aromatic carbocycles. The molecule has 17 heavy (non-hydrogen) atoms. The smallest absolute Gasteiger partial charge is 0.314 e. The zero-order valence-corrected chi connectivity index (χ0v) is 10.6. The number of phenols is 1. The number of carbonyl (C=O) groups is 1. The van der Waals surface area contributed by atoms with E-state index in [0.29, 0.717) is 17.3 Å². The Morgan fingerprint density at radius 2 is 1.94 bits per heavy atom. The van der Waals surface area contributed by atoms with Crippen LogP contribution < -0.4 is 0 Å². The largest absolute Gasteiger partial charge is 0.505 e. The van der Waals surface area contributed by atoms with Gasteiger partial charge in [-0.2, -0.15) is 0 Å². The fourth-order valence-electron chi connectivity index (χ4n) is 2.51. The zero-order valence-electron chi connectivity index (χ0n) is 9.04. The van der Waals surface area contributed by atoms with Crippen molar-refractivity contribution in [2.75, 3.05) is 0 Å². The van der Waals surface area contributed by atoms with Gasteiger partial charge in [-0.1, -0.05) is 28.8 Å². The van der Waals surface area contributed by atoms with Gasteiger partial charge in [0.15, 0.2) is 11.6 Å². The Balaban J connectivity index is 2.62. The molecule has 1 aliphatic carbocycles. The van der Waals surface area contributed by atoms with Crippen LogP contribution in [0.25, 0.3) is 0 Å². The van der Waals surface area contributed by atoms with Crippen molar-refractivity contribution in [1.82, 2.24) is 0 Å².